The molecule has 4 fully saturated rings. The number of benzene rings is 2. The van der Waals surface area contributed by atoms with E-state index in [4.69, 9.17) is 9.97 Å². The fourth-order valence-electron chi connectivity index (χ4n) is 10.9. The molecule has 4 aliphatic carbocycles. The van der Waals surface area contributed by atoms with Crippen LogP contribution in [0.1, 0.15) is 54.6 Å². The second-order valence-corrected chi connectivity index (χ2v) is 29.6. The van der Waals surface area contributed by atoms with Crippen molar-refractivity contribution in [2.24, 2.45) is 23.7 Å². The molecule has 10 rings (SSSR count). The monoisotopic (exact) mass is 810 g/mol. The second-order valence-electron chi connectivity index (χ2n) is 18.3. The Morgan fingerprint density at radius 2 is 1.15 bits per heavy atom. The van der Waals surface area contributed by atoms with Crippen LogP contribution < -0.4 is 10.4 Å². The number of rotatable bonds is 7. The molecule has 2 aromatic heterocycles. The minimum atomic E-state index is -1.80. The van der Waals surface area contributed by atoms with E-state index in [1.807, 2.05) is 30.3 Å². The van der Waals surface area contributed by atoms with Gasteiger partial charge in [0.1, 0.15) is 0 Å². The van der Waals surface area contributed by atoms with Gasteiger partial charge < -0.3 is 30.3 Å². The van der Waals surface area contributed by atoms with Crippen molar-refractivity contribution in [3.63, 3.8) is 0 Å². The number of pyridine rings is 2. The summed E-state index contributed by atoms with van der Waals surface area (Å²) in [5, 5.41) is 5.27. The molecule has 2 heterocycles. The number of hydrogen-bond acceptors (Lipinski definition) is 2. The molecule has 2 atom stereocenters. The Balaban J connectivity index is 0.000000671. The molecule has 4 aromatic carbocycles. The van der Waals surface area contributed by atoms with Gasteiger partial charge in [-0.05, 0) is 86.2 Å². The van der Waals surface area contributed by atoms with Crippen molar-refractivity contribution in [2.45, 2.75) is 82.0 Å². The fraction of sp³-hybridized carbons (Fsp3) is 0.391. The molecular weight excluding hydrogens is 754 g/mol. The molecule has 6 aromatic rings. The van der Waals surface area contributed by atoms with Gasteiger partial charge in [0.2, 0.25) is 0 Å². The normalized spacial score (nSPS) is 23.8. The zero-order valence-electron chi connectivity index (χ0n) is 32.3. The molecule has 4 bridgehead atoms. The number of para-hydroxylation sites is 2. The molecule has 0 amide bonds. The van der Waals surface area contributed by atoms with Gasteiger partial charge in [-0.15, -0.1) is 18.5 Å². The Labute approximate surface area is 335 Å². The van der Waals surface area contributed by atoms with Crippen molar-refractivity contribution in [1.29, 1.82) is 0 Å². The van der Waals surface area contributed by atoms with Crippen LogP contribution in [-0.2, 0) is 27.6 Å². The quantitative estimate of drug-likeness (QED) is 0.0912. The van der Waals surface area contributed by atoms with Crippen LogP contribution in [0.4, 0.5) is 0 Å². The Morgan fingerprint density at radius 1 is 0.698 bits per heavy atom. The number of hydrogen-bond donors (Lipinski definition) is 0. The number of nitrogens with zero attached hydrogens (tertiary/aromatic N) is 2. The third kappa shape index (κ3) is 6.75. The van der Waals surface area contributed by atoms with Gasteiger partial charge in [-0.1, -0.05) is 93.2 Å². The maximum Gasteiger partial charge on any atom is 0.0705 e. The summed E-state index contributed by atoms with van der Waals surface area (Å²) in [5.74, 6) is 3.37. The van der Waals surface area contributed by atoms with E-state index < -0.39 is 21.3 Å². The SMILES string of the molecule is C[Si](C)(C)c1c(C2(CP)C3CC4CC(C3)CC2C4)c(C(P)(c2ccc3ccccc3n2)c2ccc3ccccc3n2)c[c-]1[Si](C)(C)C.[Fe].[cH-]1[cH-][cH-][cH-][cH-]1. The smallest absolute Gasteiger partial charge is 0.0705 e. The summed E-state index contributed by atoms with van der Waals surface area (Å²) in [4.78, 5) is 11.1. The number of aromatic nitrogens is 2. The molecule has 0 N–H and O–H groups in total. The van der Waals surface area contributed by atoms with E-state index >= 15 is 0 Å². The molecule has 282 valence electrons. The standard InChI is InChI=1S/C41H51N2P2Si2.C5H5.Fe/c1-46(2,3)35-24-32(38(39(35)47(4,5)6)40(25-44)30-20-26-19-27(22-30)23-31(40)21-26)41(45,36-17-15-28-11-7-9-13-33(28)42-36)37-18-16-29-12-8-10-14-34(29)43-37;1-2-4-5-3-1;/h7-18,24,26-27,30-31H,19-23,25,44-45H2,1-6H3;1-5H;/q-1;-5;. The summed E-state index contributed by atoms with van der Waals surface area (Å²) >= 11 is 0. The van der Waals surface area contributed by atoms with Crippen molar-refractivity contribution < 1.29 is 17.1 Å². The van der Waals surface area contributed by atoms with E-state index in [1.54, 1.807) is 15.9 Å². The summed E-state index contributed by atoms with van der Waals surface area (Å²) in [7, 11) is 3.23. The third-order valence-corrected chi connectivity index (χ3v) is 18.9. The van der Waals surface area contributed by atoms with Crippen molar-refractivity contribution in [1.82, 2.24) is 9.97 Å². The summed E-state index contributed by atoms with van der Waals surface area (Å²) in [6.45, 7) is 15.6. The molecule has 0 saturated heterocycles. The second kappa shape index (κ2) is 14.7. The largest absolute Gasteiger partial charge is 0.748 e. The van der Waals surface area contributed by atoms with Crippen LogP contribution >= 0.6 is 18.5 Å². The Bertz CT molecular complexity index is 2090. The minimum absolute atomic E-state index is 0. The van der Waals surface area contributed by atoms with E-state index in [-0.39, 0.29) is 22.5 Å². The fourth-order valence-corrected chi connectivity index (χ4v) is 18.0. The predicted octanol–water partition coefficient (Wildman–Crippen LogP) is 10.7. The average Bonchev–Trinajstić information content (AvgIpc) is 3.85. The van der Waals surface area contributed by atoms with Gasteiger partial charge in [0.25, 0.3) is 0 Å². The van der Waals surface area contributed by atoms with Gasteiger partial charge in [0, 0.05) is 52.5 Å². The summed E-state index contributed by atoms with van der Waals surface area (Å²) in [6.07, 6.45) is 8.26. The maximum atomic E-state index is 5.53. The summed E-state index contributed by atoms with van der Waals surface area (Å²) in [6, 6.07) is 39.1. The van der Waals surface area contributed by atoms with E-state index in [1.165, 1.54) is 48.4 Å². The van der Waals surface area contributed by atoms with Crippen LogP contribution in [0, 0.1) is 23.7 Å². The van der Waals surface area contributed by atoms with Crippen molar-refractivity contribution in [3.8, 4) is 0 Å². The van der Waals surface area contributed by atoms with Crippen molar-refractivity contribution in [3.05, 3.63) is 132 Å². The molecule has 4 saturated carbocycles. The van der Waals surface area contributed by atoms with E-state index in [2.05, 4.69) is 137 Å². The molecule has 7 heteroatoms. The maximum absolute atomic E-state index is 5.53. The molecule has 53 heavy (non-hydrogen) atoms. The van der Waals surface area contributed by atoms with Crippen LogP contribution in [0.3, 0.4) is 0 Å². The van der Waals surface area contributed by atoms with Crippen molar-refractivity contribution in [2.75, 3.05) is 6.16 Å². The number of fused-ring (bicyclic) bond motifs is 2. The molecule has 0 aliphatic heterocycles. The summed E-state index contributed by atoms with van der Waals surface area (Å²) in [5.41, 5.74) is 7.67. The van der Waals surface area contributed by atoms with E-state index in [0.717, 1.165) is 52.3 Å². The zero-order chi connectivity index (χ0) is 36.5. The molecular formula is C46H56FeN2P2Si2-6. The van der Waals surface area contributed by atoms with Crippen molar-refractivity contribution >= 4 is 66.8 Å². The van der Waals surface area contributed by atoms with Gasteiger partial charge in [-0.3, -0.25) is 9.97 Å². The van der Waals surface area contributed by atoms with Gasteiger partial charge in [-0.25, -0.2) is 0 Å². The van der Waals surface area contributed by atoms with E-state index in [0.29, 0.717) is 0 Å². The Morgan fingerprint density at radius 3 is 1.57 bits per heavy atom. The first-order valence-electron chi connectivity index (χ1n) is 19.6. The van der Waals surface area contributed by atoms with Gasteiger partial charge in [0.05, 0.1) is 19.1 Å². The van der Waals surface area contributed by atoms with Gasteiger partial charge in [0.15, 0.2) is 0 Å². The molecule has 2 unspecified atom stereocenters. The topological polar surface area (TPSA) is 25.8 Å². The van der Waals surface area contributed by atoms with Crippen LogP contribution in [-0.4, -0.2) is 32.3 Å². The molecule has 0 radical (unpaired) electrons. The third-order valence-electron chi connectivity index (χ3n) is 13.0. The van der Waals surface area contributed by atoms with Gasteiger partial charge >= 0.3 is 0 Å². The van der Waals surface area contributed by atoms with Gasteiger partial charge in [-0.2, -0.15) is 27.6 Å². The summed E-state index contributed by atoms with van der Waals surface area (Å²) < 4.78 is 0. The first-order valence-corrected chi connectivity index (χ1v) is 28.0. The molecule has 0 spiro atoms. The van der Waals surface area contributed by atoms with Crippen LogP contribution in [0.2, 0.25) is 39.3 Å². The first-order chi connectivity index (χ1) is 24.8. The van der Waals surface area contributed by atoms with Crippen LogP contribution in [0.15, 0.2) is 109 Å². The minimum Gasteiger partial charge on any atom is -0.748 e. The molecule has 4 aliphatic rings. The van der Waals surface area contributed by atoms with Crippen LogP contribution in [0.5, 0.6) is 0 Å². The predicted molar refractivity (Wildman–Crippen MR) is 236 cm³/mol. The zero-order valence-corrected chi connectivity index (χ0v) is 37.8. The first kappa shape index (κ1) is 39.0. The van der Waals surface area contributed by atoms with E-state index in [9.17, 15) is 0 Å². The Hall–Kier alpha value is -2.23. The molecule has 2 nitrogen and oxygen atoms in total. The Kier molecular flexibility index (Phi) is 10.8. The average molecular weight is 811 g/mol. The van der Waals surface area contributed by atoms with Crippen LogP contribution in [0.25, 0.3) is 21.8 Å².